The minimum atomic E-state index is 0.577. The summed E-state index contributed by atoms with van der Waals surface area (Å²) in [6.07, 6.45) is 0. The monoisotopic (exact) mass is 438 g/mol. The molecular weight excluding hydrogens is 416 g/mol. The lowest BCUT2D eigenvalue weighted by Gasteiger charge is -2.13. The number of rotatable bonds is 7. The molecule has 1 heterocycles. The third kappa shape index (κ3) is 4.77. The van der Waals surface area contributed by atoms with Gasteiger partial charge in [0.25, 0.3) is 0 Å². The van der Waals surface area contributed by atoms with Crippen molar-refractivity contribution in [3.63, 3.8) is 0 Å². The summed E-state index contributed by atoms with van der Waals surface area (Å²) >= 11 is 1.57. The lowest BCUT2D eigenvalue weighted by Crippen LogP contribution is -1.96. The summed E-state index contributed by atoms with van der Waals surface area (Å²) < 4.78 is 10.6. The first-order valence-corrected chi connectivity index (χ1v) is 11.1. The molecule has 0 aliphatic heterocycles. The Morgan fingerprint density at radius 3 is 1.97 bits per heavy atom. The highest BCUT2D eigenvalue weighted by Crippen LogP contribution is 2.36. The predicted molar refractivity (Wildman–Crippen MR) is 129 cm³/mol. The molecule has 4 rings (SSSR count). The number of methoxy groups -OCH3 is 2. The van der Waals surface area contributed by atoms with Crippen LogP contribution >= 0.6 is 11.8 Å². The molecule has 0 bridgehead atoms. The van der Waals surface area contributed by atoms with Crippen molar-refractivity contribution >= 4 is 11.8 Å². The van der Waals surface area contributed by atoms with Crippen LogP contribution in [0.4, 0.5) is 0 Å². The van der Waals surface area contributed by atoms with Gasteiger partial charge in [0.15, 0.2) is 0 Å². The fourth-order valence-corrected chi connectivity index (χ4v) is 4.33. The highest BCUT2D eigenvalue weighted by atomic mass is 32.2. The number of thioether (sulfide) groups is 1. The quantitative estimate of drug-likeness (QED) is 0.304. The van der Waals surface area contributed by atoms with Gasteiger partial charge in [0, 0.05) is 16.9 Å². The standard InChI is InChI=1S/C27H22N2O2S/c1-30-22-12-8-20(9-13-22)24-16-26(21-10-14-23(31-2)15-11-21)29-27(25(24)17-28)32-18-19-6-4-3-5-7-19/h3-16H,18H2,1-2H3. The van der Waals surface area contributed by atoms with E-state index >= 15 is 0 Å². The van der Waals surface area contributed by atoms with Crippen molar-refractivity contribution in [3.8, 4) is 40.0 Å². The van der Waals surface area contributed by atoms with E-state index in [9.17, 15) is 5.26 Å². The van der Waals surface area contributed by atoms with Crippen LogP contribution in [0.25, 0.3) is 22.4 Å². The molecule has 0 radical (unpaired) electrons. The minimum Gasteiger partial charge on any atom is -0.497 e. The first-order valence-electron chi connectivity index (χ1n) is 10.1. The zero-order valence-electron chi connectivity index (χ0n) is 17.9. The van der Waals surface area contributed by atoms with Crippen LogP contribution in [-0.4, -0.2) is 19.2 Å². The maximum absolute atomic E-state index is 10.0. The van der Waals surface area contributed by atoms with Crippen LogP contribution in [-0.2, 0) is 5.75 Å². The van der Waals surface area contributed by atoms with Gasteiger partial charge in [-0.05, 0) is 53.6 Å². The van der Waals surface area contributed by atoms with E-state index in [-0.39, 0.29) is 0 Å². The van der Waals surface area contributed by atoms with Crippen LogP contribution in [0.5, 0.6) is 11.5 Å². The summed E-state index contributed by atoms with van der Waals surface area (Å²) in [6, 6.07) is 30.1. The Hall–Kier alpha value is -3.75. The van der Waals surface area contributed by atoms with Gasteiger partial charge in [-0.1, -0.05) is 42.5 Å². The molecule has 0 atom stereocenters. The largest absolute Gasteiger partial charge is 0.497 e. The third-order valence-corrected chi connectivity index (χ3v) is 6.15. The average molecular weight is 439 g/mol. The average Bonchev–Trinajstić information content (AvgIpc) is 2.87. The van der Waals surface area contributed by atoms with Crippen molar-refractivity contribution < 1.29 is 9.47 Å². The Morgan fingerprint density at radius 1 is 0.812 bits per heavy atom. The molecule has 32 heavy (non-hydrogen) atoms. The maximum Gasteiger partial charge on any atom is 0.118 e. The third-order valence-electron chi connectivity index (χ3n) is 5.10. The molecule has 1 aromatic heterocycles. The Balaban J connectivity index is 1.81. The van der Waals surface area contributed by atoms with Crippen molar-refractivity contribution in [2.45, 2.75) is 10.8 Å². The van der Waals surface area contributed by atoms with Crippen molar-refractivity contribution in [1.82, 2.24) is 4.98 Å². The van der Waals surface area contributed by atoms with E-state index in [1.54, 1.807) is 26.0 Å². The lowest BCUT2D eigenvalue weighted by atomic mass is 9.99. The van der Waals surface area contributed by atoms with Gasteiger partial charge >= 0.3 is 0 Å². The fraction of sp³-hybridized carbons (Fsp3) is 0.111. The second-order valence-electron chi connectivity index (χ2n) is 7.08. The van der Waals surface area contributed by atoms with Gasteiger partial charge in [-0.2, -0.15) is 5.26 Å². The number of ether oxygens (including phenoxy) is 2. The maximum atomic E-state index is 10.0. The molecule has 4 nitrogen and oxygen atoms in total. The second-order valence-corrected chi connectivity index (χ2v) is 8.04. The smallest absolute Gasteiger partial charge is 0.118 e. The van der Waals surface area contributed by atoms with Gasteiger partial charge in [0.1, 0.15) is 22.6 Å². The van der Waals surface area contributed by atoms with Gasteiger partial charge in [-0.15, -0.1) is 11.8 Å². The van der Waals surface area contributed by atoms with E-state index in [2.05, 4.69) is 18.2 Å². The summed E-state index contributed by atoms with van der Waals surface area (Å²) in [5.41, 5.74) is 5.34. The number of pyridine rings is 1. The molecule has 0 unspecified atom stereocenters. The number of aromatic nitrogens is 1. The van der Waals surface area contributed by atoms with Gasteiger partial charge < -0.3 is 9.47 Å². The number of hydrogen-bond donors (Lipinski definition) is 0. The first-order chi connectivity index (χ1) is 15.7. The Kier molecular flexibility index (Phi) is 6.74. The van der Waals surface area contributed by atoms with Gasteiger partial charge in [-0.25, -0.2) is 4.98 Å². The summed E-state index contributed by atoms with van der Waals surface area (Å²) in [7, 11) is 3.29. The summed E-state index contributed by atoms with van der Waals surface area (Å²) in [5, 5.41) is 10.8. The van der Waals surface area contributed by atoms with E-state index in [0.29, 0.717) is 5.56 Å². The lowest BCUT2D eigenvalue weighted by molar-refractivity contribution is 0.415. The molecule has 0 fully saturated rings. The van der Waals surface area contributed by atoms with Gasteiger partial charge in [0.2, 0.25) is 0 Å². The highest BCUT2D eigenvalue weighted by molar-refractivity contribution is 7.98. The Labute approximate surface area is 192 Å². The van der Waals surface area contributed by atoms with E-state index in [1.165, 1.54) is 5.56 Å². The van der Waals surface area contributed by atoms with E-state index < -0.39 is 0 Å². The summed E-state index contributed by atoms with van der Waals surface area (Å²) in [6.45, 7) is 0. The molecule has 3 aromatic carbocycles. The minimum absolute atomic E-state index is 0.577. The molecule has 0 aliphatic rings. The van der Waals surface area contributed by atoms with Gasteiger partial charge in [-0.3, -0.25) is 0 Å². The fourth-order valence-electron chi connectivity index (χ4n) is 3.37. The summed E-state index contributed by atoms with van der Waals surface area (Å²) in [4.78, 5) is 4.88. The topological polar surface area (TPSA) is 55.1 Å². The van der Waals surface area contributed by atoms with Gasteiger partial charge in [0.05, 0.1) is 25.5 Å². The predicted octanol–water partition coefficient (Wildman–Crippen LogP) is 6.60. The molecule has 0 saturated heterocycles. The van der Waals surface area contributed by atoms with Crippen LogP contribution in [0.15, 0.2) is 90.0 Å². The molecular formula is C27H22N2O2S. The Bertz CT molecular complexity index is 1230. The normalized spacial score (nSPS) is 10.4. The molecule has 5 heteroatoms. The second kappa shape index (κ2) is 10.0. The van der Waals surface area contributed by atoms with Crippen LogP contribution < -0.4 is 9.47 Å². The van der Waals surface area contributed by atoms with Crippen LogP contribution in [0.1, 0.15) is 11.1 Å². The van der Waals surface area contributed by atoms with Crippen molar-refractivity contribution in [2.24, 2.45) is 0 Å². The van der Waals surface area contributed by atoms with Crippen molar-refractivity contribution in [1.29, 1.82) is 5.26 Å². The zero-order valence-corrected chi connectivity index (χ0v) is 18.7. The summed E-state index contributed by atoms with van der Waals surface area (Å²) in [5.74, 6) is 2.29. The molecule has 0 spiro atoms. The highest BCUT2D eigenvalue weighted by Gasteiger charge is 2.16. The molecule has 0 saturated carbocycles. The molecule has 0 amide bonds. The van der Waals surface area contributed by atoms with Crippen LogP contribution in [0, 0.1) is 11.3 Å². The number of benzene rings is 3. The molecule has 0 N–H and O–H groups in total. The number of nitrogens with zero attached hydrogens (tertiary/aromatic N) is 2. The SMILES string of the molecule is COc1ccc(-c2cc(-c3ccc(OC)cc3)c(C#N)c(SCc3ccccc3)n2)cc1. The Morgan fingerprint density at radius 2 is 1.41 bits per heavy atom. The van der Waals surface area contributed by atoms with E-state index in [4.69, 9.17) is 14.5 Å². The molecule has 0 aliphatic carbocycles. The van der Waals surface area contributed by atoms with Crippen molar-refractivity contribution in [2.75, 3.05) is 14.2 Å². The number of hydrogen-bond acceptors (Lipinski definition) is 5. The van der Waals surface area contributed by atoms with E-state index in [1.807, 2.05) is 72.8 Å². The van der Waals surface area contributed by atoms with Crippen LogP contribution in [0.2, 0.25) is 0 Å². The molecule has 158 valence electrons. The zero-order chi connectivity index (χ0) is 22.3. The first kappa shape index (κ1) is 21.5. The van der Waals surface area contributed by atoms with Crippen LogP contribution in [0.3, 0.4) is 0 Å². The van der Waals surface area contributed by atoms with Crippen molar-refractivity contribution in [3.05, 3.63) is 96.1 Å². The number of nitriles is 1. The molecule has 4 aromatic rings. The van der Waals surface area contributed by atoms with E-state index in [0.717, 1.165) is 44.7 Å².